The Labute approximate surface area is 64.7 Å². The smallest absolute Gasteiger partial charge is 0.323 e. The van der Waals surface area contributed by atoms with E-state index in [1.165, 1.54) is 5.01 Å². The van der Waals surface area contributed by atoms with Crippen molar-refractivity contribution in [3.63, 3.8) is 0 Å². The van der Waals surface area contributed by atoms with Gasteiger partial charge in [-0.15, -0.1) is 0 Å². The van der Waals surface area contributed by atoms with E-state index in [-0.39, 0.29) is 6.54 Å². The molecule has 0 radical (unpaired) electrons. The van der Waals surface area contributed by atoms with E-state index in [1.807, 2.05) is 0 Å². The highest BCUT2D eigenvalue weighted by Gasteiger charge is 2.21. The van der Waals surface area contributed by atoms with Gasteiger partial charge in [0.2, 0.25) is 0 Å². The minimum atomic E-state index is -0.860. The summed E-state index contributed by atoms with van der Waals surface area (Å²) in [6.45, 7) is 4.90. The lowest BCUT2D eigenvalue weighted by atomic mass is 10.5. The fourth-order valence-electron chi connectivity index (χ4n) is 1.00. The van der Waals surface area contributed by atoms with Gasteiger partial charge in [-0.05, 0) is 0 Å². The first-order valence-electron chi connectivity index (χ1n) is 3.29. The van der Waals surface area contributed by atoms with Gasteiger partial charge in [-0.2, -0.15) is 0 Å². The molecule has 1 fully saturated rings. The second-order valence-corrected chi connectivity index (χ2v) is 2.42. The Morgan fingerprint density at radius 3 is 2.73 bits per heavy atom. The first-order chi connectivity index (χ1) is 5.11. The summed E-state index contributed by atoms with van der Waals surface area (Å²) in [5, 5.41) is 9.88. The van der Waals surface area contributed by atoms with Crippen LogP contribution < -0.4 is 5.84 Å². The third-order valence-electron chi connectivity index (χ3n) is 1.63. The van der Waals surface area contributed by atoms with Crippen molar-refractivity contribution >= 4 is 5.97 Å². The summed E-state index contributed by atoms with van der Waals surface area (Å²) in [5.74, 6) is 5.16. The van der Waals surface area contributed by atoms with Crippen molar-refractivity contribution in [1.82, 2.24) is 9.91 Å². The standard InChI is InChI=1S/C6H11N3O2/c1-5-8(4-6(10)11)2-3-9(5)7/h1-4,7H2,(H,10,11). The number of carboxylic acids is 1. The molecule has 0 aromatic carbocycles. The molecule has 62 valence electrons. The Hall–Kier alpha value is -1.23. The Bertz CT molecular complexity index is 192. The van der Waals surface area contributed by atoms with Gasteiger partial charge in [0, 0.05) is 6.54 Å². The van der Waals surface area contributed by atoms with Crippen molar-refractivity contribution in [1.29, 1.82) is 0 Å². The van der Waals surface area contributed by atoms with Crippen LogP contribution in [0, 0.1) is 0 Å². The number of hydrogen-bond donors (Lipinski definition) is 2. The summed E-state index contributed by atoms with van der Waals surface area (Å²) < 4.78 is 0. The molecule has 1 rings (SSSR count). The number of nitrogens with two attached hydrogens (primary N) is 1. The molecule has 1 aliphatic rings. The van der Waals surface area contributed by atoms with Gasteiger partial charge in [0.05, 0.1) is 6.54 Å². The minimum Gasteiger partial charge on any atom is -0.480 e. The van der Waals surface area contributed by atoms with Gasteiger partial charge in [-0.3, -0.25) is 9.80 Å². The maximum Gasteiger partial charge on any atom is 0.323 e. The highest BCUT2D eigenvalue weighted by Crippen LogP contribution is 2.10. The number of rotatable bonds is 2. The lowest BCUT2D eigenvalue weighted by molar-refractivity contribution is -0.137. The molecule has 0 spiro atoms. The van der Waals surface area contributed by atoms with E-state index in [2.05, 4.69) is 6.58 Å². The average molecular weight is 157 g/mol. The van der Waals surface area contributed by atoms with E-state index in [9.17, 15) is 4.79 Å². The average Bonchev–Trinajstić information content (AvgIpc) is 2.18. The largest absolute Gasteiger partial charge is 0.480 e. The summed E-state index contributed by atoms with van der Waals surface area (Å²) in [6, 6.07) is 0. The van der Waals surface area contributed by atoms with E-state index in [0.717, 1.165) is 0 Å². The third kappa shape index (κ3) is 1.62. The zero-order valence-electron chi connectivity index (χ0n) is 6.16. The molecule has 0 atom stereocenters. The van der Waals surface area contributed by atoms with Crippen LogP contribution in [-0.2, 0) is 4.79 Å². The van der Waals surface area contributed by atoms with Gasteiger partial charge in [0.15, 0.2) is 0 Å². The van der Waals surface area contributed by atoms with E-state index in [0.29, 0.717) is 18.9 Å². The molecule has 11 heavy (non-hydrogen) atoms. The predicted octanol–water partition coefficient (Wildman–Crippen LogP) is -0.966. The monoisotopic (exact) mass is 157 g/mol. The van der Waals surface area contributed by atoms with Crippen LogP contribution in [0.4, 0.5) is 0 Å². The predicted molar refractivity (Wildman–Crippen MR) is 39.2 cm³/mol. The Morgan fingerprint density at radius 2 is 2.36 bits per heavy atom. The van der Waals surface area contributed by atoms with E-state index in [4.69, 9.17) is 10.9 Å². The fraction of sp³-hybridized carbons (Fsp3) is 0.500. The molecule has 0 amide bonds. The van der Waals surface area contributed by atoms with Gasteiger partial charge in [-0.1, -0.05) is 6.58 Å². The Kier molecular flexibility index (Phi) is 2.00. The normalized spacial score (nSPS) is 17.7. The summed E-state index contributed by atoms with van der Waals surface area (Å²) in [5.41, 5.74) is 0. The van der Waals surface area contributed by atoms with Gasteiger partial charge in [0.25, 0.3) is 0 Å². The number of hydrogen-bond acceptors (Lipinski definition) is 4. The summed E-state index contributed by atoms with van der Waals surface area (Å²) >= 11 is 0. The van der Waals surface area contributed by atoms with Gasteiger partial charge < -0.3 is 10.0 Å². The zero-order valence-corrected chi connectivity index (χ0v) is 6.16. The van der Waals surface area contributed by atoms with Crippen LogP contribution in [0.5, 0.6) is 0 Å². The topological polar surface area (TPSA) is 69.8 Å². The quantitative estimate of drug-likeness (QED) is 0.505. The van der Waals surface area contributed by atoms with Crippen molar-refractivity contribution in [2.24, 2.45) is 5.84 Å². The van der Waals surface area contributed by atoms with Gasteiger partial charge in [-0.25, -0.2) is 5.84 Å². The van der Waals surface area contributed by atoms with E-state index < -0.39 is 5.97 Å². The van der Waals surface area contributed by atoms with Crippen LogP contribution in [-0.4, -0.2) is 40.6 Å². The van der Waals surface area contributed by atoms with Crippen LogP contribution in [0.3, 0.4) is 0 Å². The molecule has 0 saturated carbocycles. The molecule has 5 nitrogen and oxygen atoms in total. The maximum absolute atomic E-state index is 10.3. The molecule has 0 bridgehead atoms. The van der Waals surface area contributed by atoms with Gasteiger partial charge in [0.1, 0.15) is 12.4 Å². The molecular formula is C6H11N3O2. The first kappa shape index (κ1) is 7.87. The zero-order chi connectivity index (χ0) is 8.43. The minimum absolute atomic E-state index is 0.0213. The van der Waals surface area contributed by atoms with Crippen LogP contribution in [0.1, 0.15) is 0 Å². The molecule has 1 heterocycles. The molecule has 1 saturated heterocycles. The molecule has 5 heteroatoms. The number of nitrogens with zero attached hydrogens (tertiary/aromatic N) is 2. The summed E-state index contributed by atoms with van der Waals surface area (Å²) in [6.07, 6.45) is 0. The van der Waals surface area contributed by atoms with Gasteiger partial charge >= 0.3 is 5.97 Å². The maximum atomic E-state index is 10.3. The first-order valence-corrected chi connectivity index (χ1v) is 3.29. The van der Waals surface area contributed by atoms with Crippen molar-refractivity contribution < 1.29 is 9.90 Å². The van der Waals surface area contributed by atoms with Crippen molar-refractivity contribution in [2.75, 3.05) is 19.6 Å². The van der Waals surface area contributed by atoms with E-state index in [1.54, 1.807) is 4.90 Å². The Morgan fingerprint density at radius 1 is 1.73 bits per heavy atom. The molecule has 0 aliphatic carbocycles. The Balaban J connectivity index is 2.49. The van der Waals surface area contributed by atoms with Crippen molar-refractivity contribution in [3.05, 3.63) is 12.4 Å². The van der Waals surface area contributed by atoms with Crippen molar-refractivity contribution in [3.8, 4) is 0 Å². The molecule has 1 aliphatic heterocycles. The number of carboxylic acid groups (broad SMARTS) is 1. The molecule has 0 aromatic heterocycles. The summed E-state index contributed by atoms with van der Waals surface area (Å²) in [4.78, 5) is 11.9. The van der Waals surface area contributed by atoms with Crippen LogP contribution in [0.2, 0.25) is 0 Å². The van der Waals surface area contributed by atoms with Crippen molar-refractivity contribution in [2.45, 2.75) is 0 Å². The fourth-order valence-corrected chi connectivity index (χ4v) is 1.00. The molecular weight excluding hydrogens is 146 g/mol. The molecule has 0 unspecified atom stereocenters. The number of hydrazine groups is 1. The summed E-state index contributed by atoms with van der Waals surface area (Å²) in [7, 11) is 0. The second-order valence-electron chi connectivity index (χ2n) is 2.42. The molecule has 3 N–H and O–H groups in total. The highest BCUT2D eigenvalue weighted by atomic mass is 16.4. The number of aliphatic carboxylic acids is 1. The lowest BCUT2D eigenvalue weighted by Gasteiger charge is -2.17. The van der Waals surface area contributed by atoms with Crippen LogP contribution >= 0.6 is 0 Å². The SMILES string of the molecule is C=C1N(N)CCN1CC(=O)O. The lowest BCUT2D eigenvalue weighted by Crippen LogP contribution is -2.30. The number of carbonyl (C=O) groups is 1. The second kappa shape index (κ2) is 2.79. The highest BCUT2D eigenvalue weighted by molar-refractivity contribution is 5.69. The van der Waals surface area contributed by atoms with Crippen LogP contribution in [0.25, 0.3) is 0 Å². The third-order valence-corrected chi connectivity index (χ3v) is 1.63. The molecule has 0 aromatic rings. The van der Waals surface area contributed by atoms with Crippen LogP contribution in [0.15, 0.2) is 12.4 Å². The van der Waals surface area contributed by atoms with E-state index >= 15 is 0 Å².